The standard InChI is InChI=1S/C22H15N7/c1-2-8-15(9-3-1)19-21(28-13-7-6-12-18(28)25-19)26-20-22-27-23-14-29(22)17-11-5-4-10-16(17)24-20/h1-14H,(H,24,26). The molecule has 7 heteroatoms. The van der Waals surface area contributed by atoms with Gasteiger partial charge in [-0.2, -0.15) is 0 Å². The molecular weight excluding hydrogens is 362 g/mol. The first kappa shape index (κ1) is 15.8. The second kappa shape index (κ2) is 6.13. The van der Waals surface area contributed by atoms with Gasteiger partial charge < -0.3 is 5.32 Å². The summed E-state index contributed by atoms with van der Waals surface area (Å²) in [5, 5.41) is 11.9. The number of rotatable bonds is 3. The predicted molar refractivity (Wildman–Crippen MR) is 112 cm³/mol. The van der Waals surface area contributed by atoms with Gasteiger partial charge in [0.25, 0.3) is 0 Å². The Kier molecular flexibility index (Phi) is 3.33. The maximum absolute atomic E-state index is 4.84. The van der Waals surface area contributed by atoms with Gasteiger partial charge in [0.1, 0.15) is 23.5 Å². The summed E-state index contributed by atoms with van der Waals surface area (Å²) in [5.41, 5.74) is 5.21. The maximum atomic E-state index is 4.84. The third kappa shape index (κ3) is 2.45. The summed E-state index contributed by atoms with van der Waals surface area (Å²) in [6.45, 7) is 0. The Balaban J connectivity index is 1.61. The van der Waals surface area contributed by atoms with E-state index < -0.39 is 0 Å². The average Bonchev–Trinajstić information content (AvgIpc) is 3.40. The molecule has 4 heterocycles. The second-order valence-corrected chi connectivity index (χ2v) is 6.70. The van der Waals surface area contributed by atoms with Crippen molar-refractivity contribution in [2.45, 2.75) is 0 Å². The van der Waals surface area contributed by atoms with Crippen LogP contribution in [0.5, 0.6) is 0 Å². The molecule has 0 radical (unpaired) electrons. The molecule has 0 fully saturated rings. The normalized spacial score (nSPS) is 11.4. The highest BCUT2D eigenvalue weighted by atomic mass is 15.3. The van der Waals surface area contributed by atoms with Crippen LogP contribution in [0.25, 0.3) is 33.6 Å². The topological polar surface area (TPSA) is 72.4 Å². The highest BCUT2D eigenvalue weighted by Gasteiger charge is 2.17. The first-order valence-corrected chi connectivity index (χ1v) is 9.26. The van der Waals surface area contributed by atoms with Crippen molar-refractivity contribution in [3.63, 3.8) is 0 Å². The molecule has 1 N–H and O–H groups in total. The van der Waals surface area contributed by atoms with Crippen LogP contribution in [0, 0.1) is 0 Å². The number of hydrogen-bond acceptors (Lipinski definition) is 5. The Morgan fingerprint density at radius 2 is 1.59 bits per heavy atom. The Labute approximate surface area is 165 Å². The van der Waals surface area contributed by atoms with Gasteiger partial charge in [0.2, 0.25) is 5.65 Å². The van der Waals surface area contributed by atoms with Crippen molar-refractivity contribution in [1.29, 1.82) is 0 Å². The minimum atomic E-state index is 0.629. The molecule has 0 aliphatic rings. The van der Waals surface area contributed by atoms with E-state index >= 15 is 0 Å². The van der Waals surface area contributed by atoms with Crippen LogP contribution in [0.1, 0.15) is 0 Å². The highest BCUT2D eigenvalue weighted by molar-refractivity contribution is 5.86. The van der Waals surface area contributed by atoms with Gasteiger partial charge in [-0.05, 0) is 24.3 Å². The van der Waals surface area contributed by atoms with Crippen LogP contribution in [-0.4, -0.2) is 29.0 Å². The van der Waals surface area contributed by atoms with Crippen molar-refractivity contribution in [3.8, 4) is 11.3 Å². The van der Waals surface area contributed by atoms with Gasteiger partial charge in [-0.3, -0.25) is 8.80 Å². The Hall–Kier alpha value is -4.26. The first-order valence-electron chi connectivity index (χ1n) is 9.26. The van der Waals surface area contributed by atoms with E-state index in [1.165, 1.54) is 0 Å². The fourth-order valence-corrected chi connectivity index (χ4v) is 3.61. The Bertz CT molecular complexity index is 1480. The summed E-state index contributed by atoms with van der Waals surface area (Å²) in [5.74, 6) is 1.46. The molecule has 0 amide bonds. The van der Waals surface area contributed by atoms with Gasteiger partial charge in [-0.25, -0.2) is 9.97 Å². The lowest BCUT2D eigenvalue weighted by molar-refractivity contribution is 1.11. The van der Waals surface area contributed by atoms with Crippen LogP contribution >= 0.6 is 0 Å². The molecule has 7 nitrogen and oxygen atoms in total. The number of hydrogen-bond donors (Lipinski definition) is 1. The molecule has 0 unspecified atom stereocenters. The minimum absolute atomic E-state index is 0.629. The van der Waals surface area contributed by atoms with E-state index in [1.807, 2.05) is 87.8 Å². The van der Waals surface area contributed by atoms with E-state index in [2.05, 4.69) is 15.5 Å². The summed E-state index contributed by atoms with van der Waals surface area (Å²) in [7, 11) is 0. The smallest absolute Gasteiger partial charge is 0.204 e. The van der Waals surface area contributed by atoms with E-state index in [-0.39, 0.29) is 0 Å². The van der Waals surface area contributed by atoms with E-state index in [9.17, 15) is 0 Å². The van der Waals surface area contributed by atoms with E-state index in [0.717, 1.165) is 33.8 Å². The summed E-state index contributed by atoms with van der Waals surface area (Å²) in [4.78, 5) is 9.66. The minimum Gasteiger partial charge on any atom is -0.321 e. The number of aromatic nitrogens is 6. The van der Waals surface area contributed by atoms with Crippen molar-refractivity contribution in [1.82, 2.24) is 29.0 Å². The molecule has 29 heavy (non-hydrogen) atoms. The summed E-state index contributed by atoms with van der Waals surface area (Å²) in [6.07, 6.45) is 3.69. The molecule has 138 valence electrons. The van der Waals surface area contributed by atoms with Gasteiger partial charge in [-0.1, -0.05) is 48.5 Å². The van der Waals surface area contributed by atoms with Crippen molar-refractivity contribution < 1.29 is 0 Å². The molecule has 0 aliphatic carbocycles. The molecule has 2 aromatic carbocycles. The molecule has 0 bridgehead atoms. The van der Waals surface area contributed by atoms with Gasteiger partial charge in [0.05, 0.1) is 11.0 Å². The maximum Gasteiger partial charge on any atom is 0.204 e. The van der Waals surface area contributed by atoms with Gasteiger partial charge in [-0.15, -0.1) is 10.2 Å². The second-order valence-electron chi connectivity index (χ2n) is 6.70. The van der Waals surface area contributed by atoms with E-state index in [4.69, 9.17) is 9.97 Å². The molecule has 0 saturated heterocycles. The SMILES string of the molecule is c1ccc(-c2nc3ccccn3c2Nc2nc3ccccc3n3cnnc23)cc1. The van der Waals surface area contributed by atoms with Gasteiger partial charge in [0, 0.05) is 11.8 Å². The molecule has 0 atom stereocenters. The lowest BCUT2D eigenvalue weighted by atomic mass is 10.1. The molecular formula is C22H15N7. The van der Waals surface area contributed by atoms with E-state index in [1.54, 1.807) is 6.33 Å². The molecule has 4 aromatic heterocycles. The number of nitrogens with one attached hydrogen (secondary N) is 1. The summed E-state index contributed by atoms with van der Waals surface area (Å²) in [6, 6.07) is 24.0. The Morgan fingerprint density at radius 1 is 0.759 bits per heavy atom. The third-order valence-electron chi connectivity index (χ3n) is 4.95. The average molecular weight is 377 g/mol. The van der Waals surface area contributed by atoms with Gasteiger partial charge in [0.15, 0.2) is 5.82 Å². The van der Waals surface area contributed by atoms with Crippen molar-refractivity contribution in [3.05, 3.63) is 85.3 Å². The quantitative estimate of drug-likeness (QED) is 0.497. The molecule has 6 rings (SSSR count). The monoisotopic (exact) mass is 377 g/mol. The number of imidazole rings is 1. The van der Waals surface area contributed by atoms with Crippen LogP contribution in [0.15, 0.2) is 85.3 Å². The molecule has 0 aliphatic heterocycles. The first-order chi connectivity index (χ1) is 14.4. The van der Waals surface area contributed by atoms with Crippen molar-refractivity contribution in [2.24, 2.45) is 0 Å². The van der Waals surface area contributed by atoms with Crippen LogP contribution in [0.4, 0.5) is 11.6 Å². The fraction of sp³-hybridized carbons (Fsp3) is 0. The Morgan fingerprint density at radius 3 is 2.52 bits per heavy atom. The van der Waals surface area contributed by atoms with Crippen LogP contribution in [0.3, 0.4) is 0 Å². The lowest BCUT2D eigenvalue weighted by Gasteiger charge is -2.10. The number of benzene rings is 2. The predicted octanol–water partition coefficient (Wildman–Crippen LogP) is 4.34. The molecule has 6 aromatic rings. The van der Waals surface area contributed by atoms with Crippen molar-refractivity contribution >= 4 is 34.0 Å². The van der Waals surface area contributed by atoms with Crippen molar-refractivity contribution in [2.75, 3.05) is 5.32 Å². The highest BCUT2D eigenvalue weighted by Crippen LogP contribution is 2.32. The van der Waals surface area contributed by atoms with Gasteiger partial charge >= 0.3 is 0 Å². The zero-order valence-electron chi connectivity index (χ0n) is 15.3. The number of para-hydroxylation sites is 2. The molecule has 0 spiro atoms. The van der Waals surface area contributed by atoms with Crippen LogP contribution in [-0.2, 0) is 0 Å². The number of anilines is 2. The summed E-state index contributed by atoms with van der Waals surface area (Å²) >= 11 is 0. The largest absolute Gasteiger partial charge is 0.321 e. The zero-order chi connectivity index (χ0) is 19.2. The van der Waals surface area contributed by atoms with Crippen LogP contribution < -0.4 is 5.32 Å². The molecule has 0 saturated carbocycles. The van der Waals surface area contributed by atoms with Crippen LogP contribution in [0.2, 0.25) is 0 Å². The van der Waals surface area contributed by atoms with E-state index in [0.29, 0.717) is 11.5 Å². The number of fused-ring (bicyclic) bond motifs is 4. The fourth-order valence-electron chi connectivity index (χ4n) is 3.61. The lowest BCUT2D eigenvalue weighted by Crippen LogP contribution is -2.03. The zero-order valence-corrected chi connectivity index (χ0v) is 15.3. The number of nitrogens with zero attached hydrogens (tertiary/aromatic N) is 6. The number of pyridine rings is 1. The third-order valence-corrected chi connectivity index (χ3v) is 4.95. The summed E-state index contributed by atoms with van der Waals surface area (Å²) < 4.78 is 3.96.